The summed E-state index contributed by atoms with van der Waals surface area (Å²) < 4.78 is 6.49. The number of aliphatic imine (C=N–C) groups is 1. The molecule has 0 saturated heterocycles. The predicted octanol–water partition coefficient (Wildman–Crippen LogP) is 3.81. The van der Waals surface area contributed by atoms with E-state index in [1.807, 2.05) is 0 Å². The fourth-order valence-corrected chi connectivity index (χ4v) is 3.09. The molecule has 0 atom stereocenters. The van der Waals surface area contributed by atoms with Crippen LogP contribution < -0.4 is 0 Å². The standard InChI is InChI=1S/C18H17Cl2N5O3/c1-4-28-17(27)10-5-13-16(15-12(20)6-11(19)7-14(15)26)22-18(21-9-24(2)3)23-25(13)8-10/h5-9,26H,4H2,1-3H3. The van der Waals surface area contributed by atoms with Crippen LogP contribution in [0.15, 0.2) is 29.4 Å². The van der Waals surface area contributed by atoms with Gasteiger partial charge in [0.25, 0.3) is 5.95 Å². The minimum Gasteiger partial charge on any atom is -0.507 e. The number of nitrogens with zero attached hydrogens (tertiary/aromatic N) is 5. The van der Waals surface area contributed by atoms with Crippen molar-refractivity contribution < 1.29 is 14.6 Å². The third-order valence-corrected chi connectivity index (χ3v) is 4.15. The van der Waals surface area contributed by atoms with Crippen LogP contribution in [0.25, 0.3) is 16.8 Å². The molecule has 10 heteroatoms. The first-order chi connectivity index (χ1) is 13.3. The molecule has 2 heterocycles. The van der Waals surface area contributed by atoms with E-state index in [-0.39, 0.29) is 39.5 Å². The van der Waals surface area contributed by atoms with Crippen molar-refractivity contribution in [2.75, 3.05) is 20.7 Å². The molecule has 1 N–H and O–H groups in total. The Balaban J connectivity index is 2.28. The molecule has 0 amide bonds. The van der Waals surface area contributed by atoms with Crippen LogP contribution >= 0.6 is 23.2 Å². The van der Waals surface area contributed by atoms with Gasteiger partial charge in [0.05, 0.1) is 34.6 Å². The van der Waals surface area contributed by atoms with Crippen molar-refractivity contribution in [3.8, 4) is 17.0 Å². The molecule has 0 fully saturated rings. The number of carbonyl (C=O) groups excluding carboxylic acids is 1. The lowest BCUT2D eigenvalue weighted by Gasteiger charge is -2.10. The average Bonchev–Trinajstić information content (AvgIpc) is 3.03. The van der Waals surface area contributed by atoms with Gasteiger partial charge in [-0.1, -0.05) is 23.2 Å². The molecule has 0 aliphatic rings. The largest absolute Gasteiger partial charge is 0.507 e. The van der Waals surface area contributed by atoms with Crippen molar-refractivity contribution in [2.45, 2.75) is 6.92 Å². The Morgan fingerprint density at radius 2 is 2.11 bits per heavy atom. The molecular formula is C18H17Cl2N5O3. The number of phenolic OH excluding ortho intramolecular Hbond substituents is 1. The maximum atomic E-state index is 12.1. The van der Waals surface area contributed by atoms with Gasteiger partial charge in [-0.3, -0.25) is 0 Å². The second kappa shape index (κ2) is 8.04. The van der Waals surface area contributed by atoms with Crippen molar-refractivity contribution in [1.29, 1.82) is 0 Å². The molecule has 0 bridgehead atoms. The molecule has 28 heavy (non-hydrogen) atoms. The summed E-state index contributed by atoms with van der Waals surface area (Å²) in [6, 6.07) is 4.42. The van der Waals surface area contributed by atoms with Gasteiger partial charge in [-0.25, -0.2) is 19.3 Å². The molecule has 0 aliphatic carbocycles. The number of esters is 1. The van der Waals surface area contributed by atoms with Crippen molar-refractivity contribution in [3.63, 3.8) is 0 Å². The average molecular weight is 422 g/mol. The smallest absolute Gasteiger partial charge is 0.339 e. The van der Waals surface area contributed by atoms with Crippen LogP contribution in [0.3, 0.4) is 0 Å². The van der Waals surface area contributed by atoms with Crippen LogP contribution in [0.5, 0.6) is 5.75 Å². The Morgan fingerprint density at radius 3 is 2.75 bits per heavy atom. The molecule has 0 spiro atoms. The van der Waals surface area contributed by atoms with Gasteiger partial charge in [-0.15, -0.1) is 5.10 Å². The molecule has 8 nitrogen and oxygen atoms in total. The first kappa shape index (κ1) is 19.9. The zero-order valence-corrected chi connectivity index (χ0v) is 16.9. The highest BCUT2D eigenvalue weighted by molar-refractivity contribution is 6.37. The second-order valence-electron chi connectivity index (χ2n) is 6.03. The van der Waals surface area contributed by atoms with Crippen LogP contribution in [0.4, 0.5) is 5.95 Å². The van der Waals surface area contributed by atoms with Crippen molar-refractivity contribution in [3.05, 3.63) is 40.0 Å². The van der Waals surface area contributed by atoms with E-state index in [1.165, 1.54) is 29.2 Å². The number of phenols is 1. The number of rotatable bonds is 5. The van der Waals surface area contributed by atoms with Gasteiger partial charge in [0.2, 0.25) is 0 Å². The summed E-state index contributed by atoms with van der Waals surface area (Å²) in [4.78, 5) is 22.5. The lowest BCUT2D eigenvalue weighted by atomic mass is 10.1. The number of aromatic hydroxyl groups is 1. The van der Waals surface area contributed by atoms with E-state index in [0.717, 1.165) is 0 Å². The van der Waals surface area contributed by atoms with Crippen molar-refractivity contribution in [1.82, 2.24) is 19.5 Å². The molecule has 1 aromatic carbocycles. The van der Waals surface area contributed by atoms with Gasteiger partial charge >= 0.3 is 5.97 Å². The highest BCUT2D eigenvalue weighted by atomic mass is 35.5. The number of halogens is 2. The van der Waals surface area contributed by atoms with Crippen LogP contribution in [0.2, 0.25) is 10.0 Å². The topological polar surface area (TPSA) is 92.3 Å². The minimum absolute atomic E-state index is 0.118. The summed E-state index contributed by atoms with van der Waals surface area (Å²) in [5.74, 6) is -0.532. The molecule has 3 aromatic rings. The summed E-state index contributed by atoms with van der Waals surface area (Å²) in [6.45, 7) is 1.96. The minimum atomic E-state index is -0.497. The SMILES string of the molecule is CCOC(=O)c1cc2c(-c3c(O)cc(Cl)cc3Cl)nc(N=CN(C)C)nn2c1. The molecular weight excluding hydrogens is 405 g/mol. The van der Waals surface area contributed by atoms with E-state index >= 15 is 0 Å². The Hall–Kier alpha value is -2.84. The van der Waals surface area contributed by atoms with Gasteiger partial charge in [-0.05, 0) is 25.1 Å². The van der Waals surface area contributed by atoms with E-state index in [2.05, 4.69) is 15.1 Å². The number of aromatic nitrogens is 3. The maximum absolute atomic E-state index is 12.1. The first-order valence-electron chi connectivity index (χ1n) is 8.26. The maximum Gasteiger partial charge on any atom is 0.339 e. The van der Waals surface area contributed by atoms with Gasteiger partial charge in [0.1, 0.15) is 11.4 Å². The third kappa shape index (κ3) is 4.02. The summed E-state index contributed by atoms with van der Waals surface area (Å²) in [6.07, 6.45) is 3.04. The summed E-state index contributed by atoms with van der Waals surface area (Å²) >= 11 is 12.3. The lowest BCUT2D eigenvalue weighted by Crippen LogP contribution is -2.08. The molecule has 2 aromatic heterocycles. The van der Waals surface area contributed by atoms with Gasteiger partial charge in [0.15, 0.2) is 0 Å². The van der Waals surface area contributed by atoms with E-state index < -0.39 is 5.97 Å². The van der Waals surface area contributed by atoms with Crippen LogP contribution in [-0.2, 0) is 4.74 Å². The van der Waals surface area contributed by atoms with E-state index in [9.17, 15) is 9.90 Å². The van der Waals surface area contributed by atoms with E-state index in [4.69, 9.17) is 27.9 Å². The molecule has 0 aliphatic heterocycles. The number of fused-ring (bicyclic) bond motifs is 1. The highest BCUT2D eigenvalue weighted by Gasteiger charge is 2.20. The van der Waals surface area contributed by atoms with Crippen LogP contribution in [-0.4, -0.2) is 57.6 Å². The summed E-state index contributed by atoms with van der Waals surface area (Å²) in [5.41, 5.74) is 1.30. The first-order valence-corrected chi connectivity index (χ1v) is 9.02. The molecule has 146 valence electrons. The molecule has 0 saturated carbocycles. The van der Waals surface area contributed by atoms with Crippen molar-refractivity contribution in [2.24, 2.45) is 4.99 Å². The van der Waals surface area contributed by atoms with E-state index in [1.54, 1.807) is 32.0 Å². The number of benzene rings is 1. The second-order valence-corrected chi connectivity index (χ2v) is 6.87. The molecule has 0 radical (unpaired) electrons. The normalized spacial score (nSPS) is 11.3. The lowest BCUT2D eigenvalue weighted by molar-refractivity contribution is 0.0526. The Kier molecular flexibility index (Phi) is 5.71. The number of hydrogen-bond acceptors (Lipinski definition) is 6. The van der Waals surface area contributed by atoms with Gasteiger partial charge in [-0.2, -0.15) is 0 Å². The third-order valence-electron chi connectivity index (χ3n) is 3.64. The summed E-state index contributed by atoms with van der Waals surface area (Å²) in [5, 5.41) is 15.2. The monoisotopic (exact) mass is 421 g/mol. The molecule has 3 rings (SSSR count). The highest BCUT2D eigenvalue weighted by Crippen LogP contribution is 2.40. The van der Waals surface area contributed by atoms with E-state index in [0.29, 0.717) is 11.2 Å². The summed E-state index contributed by atoms with van der Waals surface area (Å²) in [7, 11) is 3.61. The quantitative estimate of drug-likeness (QED) is 0.382. The fourth-order valence-electron chi connectivity index (χ4n) is 2.51. The van der Waals surface area contributed by atoms with Crippen LogP contribution in [0, 0.1) is 0 Å². The van der Waals surface area contributed by atoms with Gasteiger partial charge < -0.3 is 14.7 Å². The van der Waals surface area contributed by atoms with Gasteiger partial charge in [0, 0.05) is 25.3 Å². The molecule has 0 unspecified atom stereocenters. The Bertz CT molecular complexity index is 1060. The number of ether oxygens (including phenoxy) is 1. The Labute approximate surface area is 171 Å². The predicted molar refractivity (Wildman–Crippen MR) is 108 cm³/mol. The number of carbonyl (C=O) groups is 1. The van der Waals surface area contributed by atoms with Crippen molar-refractivity contribution >= 4 is 47.0 Å². The zero-order chi connectivity index (χ0) is 20.4. The number of hydrogen-bond donors (Lipinski definition) is 1. The fraction of sp³-hybridized carbons (Fsp3) is 0.222. The Morgan fingerprint density at radius 1 is 1.36 bits per heavy atom. The zero-order valence-electron chi connectivity index (χ0n) is 15.3. The van der Waals surface area contributed by atoms with Crippen LogP contribution in [0.1, 0.15) is 17.3 Å².